The number of rotatable bonds is 10. The molecule has 1 aromatic rings. The number of nitrogens with two attached hydrogens (primary N) is 1. The Kier molecular flexibility index (Phi) is 12.1. The Morgan fingerprint density at radius 1 is 1.16 bits per heavy atom. The highest BCUT2D eigenvalue weighted by Gasteiger charge is 2.26. The molecule has 176 valence electrons. The summed E-state index contributed by atoms with van der Waals surface area (Å²) in [6.07, 6.45) is -0.773. The number of benzene rings is 1. The maximum Gasteiger partial charge on any atom is 0.410 e. The number of carbonyl (C=O) groups excluding carboxylic acids is 2. The number of para-hydroxylation sites is 2. The van der Waals surface area contributed by atoms with E-state index in [0.717, 1.165) is 0 Å². The van der Waals surface area contributed by atoms with Gasteiger partial charge in [-0.2, -0.15) is 0 Å². The van der Waals surface area contributed by atoms with Gasteiger partial charge in [-0.15, -0.1) is 12.4 Å². The van der Waals surface area contributed by atoms with Crippen LogP contribution in [0.4, 0.5) is 4.79 Å². The molecule has 9 nitrogen and oxygen atoms in total. The smallest absolute Gasteiger partial charge is 0.410 e. The Bertz CT molecular complexity index is 689. The molecule has 2 N–H and O–H groups in total. The summed E-state index contributed by atoms with van der Waals surface area (Å²) in [4.78, 5) is 25.5. The summed E-state index contributed by atoms with van der Waals surface area (Å²) in [6, 6.07) is 6.72. The highest BCUT2D eigenvalue weighted by Crippen LogP contribution is 2.26. The largest absolute Gasteiger partial charge is 0.490 e. The lowest BCUT2D eigenvalue weighted by Crippen LogP contribution is -2.48. The number of halogens is 1. The number of hydrogen-bond donors (Lipinski definition) is 1. The fourth-order valence-electron chi connectivity index (χ4n) is 2.74. The number of morpholine rings is 1. The zero-order chi connectivity index (χ0) is 21.9. The lowest BCUT2D eigenvalue weighted by molar-refractivity contribution is -0.147. The number of nitrogens with zero attached hydrogens (tertiary/aromatic N) is 1. The fraction of sp³-hybridized carbons (Fsp3) is 0.619. The Morgan fingerprint density at radius 2 is 1.81 bits per heavy atom. The van der Waals surface area contributed by atoms with Crippen LogP contribution < -0.4 is 15.2 Å². The zero-order valence-corrected chi connectivity index (χ0v) is 19.1. The molecule has 1 amide bonds. The molecule has 1 aliphatic rings. The number of carbonyl (C=O) groups is 2. The molecule has 1 saturated heterocycles. The molecule has 2 rings (SSSR count). The van der Waals surface area contributed by atoms with Gasteiger partial charge in [0, 0.05) is 6.54 Å². The van der Waals surface area contributed by atoms with Gasteiger partial charge in [0.1, 0.15) is 32.0 Å². The Hall–Kier alpha value is -2.23. The fourth-order valence-corrected chi connectivity index (χ4v) is 2.74. The second-order valence-electron chi connectivity index (χ2n) is 7.18. The van der Waals surface area contributed by atoms with E-state index >= 15 is 0 Å². The SMILES string of the molecule is CCOc1ccccc1OCC1CN(C(=O)OCCOC(=O)C(N)C(C)C)CCO1.Cl. The molecule has 0 bridgehead atoms. The van der Waals surface area contributed by atoms with E-state index in [1.54, 1.807) is 4.90 Å². The Labute approximate surface area is 189 Å². The molecule has 0 saturated carbocycles. The van der Waals surface area contributed by atoms with Gasteiger partial charge in [-0.3, -0.25) is 4.79 Å². The van der Waals surface area contributed by atoms with Gasteiger partial charge in [-0.25, -0.2) is 4.79 Å². The van der Waals surface area contributed by atoms with Crippen molar-refractivity contribution in [2.24, 2.45) is 11.7 Å². The van der Waals surface area contributed by atoms with Gasteiger partial charge < -0.3 is 34.3 Å². The normalized spacial score (nSPS) is 16.8. The van der Waals surface area contributed by atoms with Gasteiger partial charge in [0.15, 0.2) is 11.5 Å². The molecule has 1 fully saturated rings. The molecule has 0 spiro atoms. The lowest BCUT2D eigenvalue weighted by atomic mass is 10.1. The van der Waals surface area contributed by atoms with Crippen LogP contribution in [-0.2, 0) is 19.0 Å². The van der Waals surface area contributed by atoms with E-state index in [9.17, 15) is 9.59 Å². The average molecular weight is 461 g/mol. The molecule has 10 heteroatoms. The van der Waals surface area contributed by atoms with Crippen LogP contribution in [0.15, 0.2) is 24.3 Å². The van der Waals surface area contributed by atoms with E-state index in [2.05, 4.69) is 0 Å². The van der Waals surface area contributed by atoms with Crippen molar-refractivity contribution in [1.82, 2.24) is 4.90 Å². The van der Waals surface area contributed by atoms with Gasteiger partial charge in [0.2, 0.25) is 0 Å². The van der Waals surface area contributed by atoms with Crippen molar-refractivity contribution in [1.29, 1.82) is 0 Å². The summed E-state index contributed by atoms with van der Waals surface area (Å²) in [7, 11) is 0. The highest BCUT2D eigenvalue weighted by molar-refractivity contribution is 5.85. The van der Waals surface area contributed by atoms with Crippen molar-refractivity contribution >= 4 is 24.5 Å². The van der Waals surface area contributed by atoms with Gasteiger partial charge >= 0.3 is 12.1 Å². The van der Waals surface area contributed by atoms with Crippen LogP contribution in [-0.4, -0.2) is 75.2 Å². The van der Waals surface area contributed by atoms with Crippen LogP contribution in [0.5, 0.6) is 11.5 Å². The maximum absolute atomic E-state index is 12.3. The van der Waals surface area contributed by atoms with Crippen molar-refractivity contribution in [2.45, 2.75) is 32.9 Å². The summed E-state index contributed by atoms with van der Waals surface area (Å²) in [5, 5.41) is 0. The molecular formula is C21H33ClN2O7. The van der Waals surface area contributed by atoms with Gasteiger partial charge in [-0.05, 0) is 25.0 Å². The van der Waals surface area contributed by atoms with Crippen LogP contribution in [0.3, 0.4) is 0 Å². The molecule has 2 atom stereocenters. The van der Waals surface area contributed by atoms with Gasteiger partial charge in [0.05, 0.1) is 19.8 Å². The molecule has 31 heavy (non-hydrogen) atoms. The zero-order valence-electron chi connectivity index (χ0n) is 18.3. The first-order chi connectivity index (χ1) is 14.4. The quantitative estimate of drug-likeness (QED) is 0.418. The Balaban J connectivity index is 0.00000480. The minimum absolute atomic E-state index is 0. The van der Waals surface area contributed by atoms with E-state index in [0.29, 0.717) is 37.8 Å². The predicted octanol–water partition coefficient (Wildman–Crippen LogP) is 2.25. The standard InChI is InChI=1S/C21H32N2O7.ClH/c1-4-26-17-7-5-6-8-18(17)30-14-16-13-23(9-10-27-16)21(25)29-12-11-28-20(24)19(22)15(2)3;/h5-8,15-16,19H,4,9-14,22H2,1-3H3;1H. The highest BCUT2D eigenvalue weighted by atomic mass is 35.5. The van der Waals surface area contributed by atoms with Crippen molar-refractivity contribution in [3.05, 3.63) is 24.3 Å². The lowest BCUT2D eigenvalue weighted by Gasteiger charge is -2.32. The summed E-state index contributed by atoms with van der Waals surface area (Å²) in [6.45, 7) is 7.47. The van der Waals surface area contributed by atoms with Crippen LogP contribution in [0.25, 0.3) is 0 Å². The third-order valence-corrected chi connectivity index (χ3v) is 4.51. The molecule has 0 aliphatic carbocycles. The van der Waals surface area contributed by atoms with Crippen molar-refractivity contribution in [2.75, 3.05) is 46.1 Å². The molecule has 0 aromatic heterocycles. The average Bonchev–Trinajstić information content (AvgIpc) is 2.75. The second kappa shape index (κ2) is 14.0. The summed E-state index contributed by atoms with van der Waals surface area (Å²) in [5.74, 6) is 0.771. The van der Waals surface area contributed by atoms with E-state index in [1.807, 2.05) is 45.0 Å². The minimum atomic E-state index is -0.687. The van der Waals surface area contributed by atoms with E-state index in [-0.39, 0.29) is 44.2 Å². The topological polar surface area (TPSA) is 110 Å². The van der Waals surface area contributed by atoms with Gasteiger partial charge in [0.25, 0.3) is 0 Å². The van der Waals surface area contributed by atoms with Gasteiger partial charge in [-0.1, -0.05) is 26.0 Å². The van der Waals surface area contributed by atoms with Crippen molar-refractivity contribution in [3.63, 3.8) is 0 Å². The molecule has 2 unspecified atom stereocenters. The van der Waals surface area contributed by atoms with Crippen molar-refractivity contribution in [3.8, 4) is 11.5 Å². The predicted molar refractivity (Wildman–Crippen MR) is 117 cm³/mol. The van der Waals surface area contributed by atoms with Crippen molar-refractivity contribution < 1.29 is 33.3 Å². The molecular weight excluding hydrogens is 428 g/mol. The Morgan fingerprint density at radius 3 is 2.45 bits per heavy atom. The first-order valence-corrected chi connectivity index (χ1v) is 10.2. The third-order valence-electron chi connectivity index (χ3n) is 4.51. The van der Waals surface area contributed by atoms with E-state index in [1.165, 1.54) is 0 Å². The van der Waals surface area contributed by atoms with E-state index in [4.69, 9.17) is 29.4 Å². The second-order valence-corrected chi connectivity index (χ2v) is 7.18. The van der Waals surface area contributed by atoms with E-state index < -0.39 is 18.1 Å². The summed E-state index contributed by atoms with van der Waals surface area (Å²) < 4.78 is 27.3. The number of esters is 1. The molecule has 0 radical (unpaired) electrons. The third kappa shape index (κ3) is 8.80. The molecule has 1 aliphatic heterocycles. The van der Waals surface area contributed by atoms with Crippen LogP contribution in [0.1, 0.15) is 20.8 Å². The number of amides is 1. The number of ether oxygens (including phenoxy) is 5. The van der Waals surface area contributed by atoms with Crippen LogP contribution >= 0.6 is 12.4 Å². The first kappa shape index (κ1) is 26.8. The van der Waals surface area contributed by atoms with Crippen LogP contribution in [0.2, 0.25) is 0 Å². The first-order valence-electron chi connectivity index (χ1n) is 10.2. The minimum Gasteiger partial charge on any atom is -0.490 e. The molecule has 1 heterocycles. The summed E-state index contributed by atoms with van der Waals surface area (Å²) in [5.41, 5.74) is 5.71. The molecule has 1 aromatic carbocycles. The monoisotopic (exact) mass is 460 g/mol. The number of hydrogen-bond acceptors (Lipinski definition) is 8. The van der Waals surface area contributed by atoms with Crippen LogP contribution in [0, 0.1) is 5.92 Å². The summed E-state index contributed by atoms with van der Waals surface area (Å²) >= 11 is 0. The maximum atomic E-state index is 12.3.